The Morgan fingerprint density at radius 1 is 1.11 bits per heavy atom. The van der Waals surface area contributed by atoms with Crippen molar-refractivity contribution in [1.29, 1.82) is 0 Å². The molecule has 2 aromatic carbocycles. The fourth-order valence-corrected chi connectivity index (χ4v) is 3.87. The minimum absolute atomic E-state index is 0.117. The molecule has 0 aromatic heterocycles. The molecule has 1 heterocycles. The van der Waals surface area contributed by atoms with Crippen molar-refractivity contribution in [3.63, 3.8) is 0 Å². The third-order valence-corrected chi connectivity index (χ3v) is 5.95. The summed E-state index contributed by atoms with van der Waals surface area (Å²) in [4.78, 5) is 24.5. The molecule has 3 amide bonds. The van der Waals surface area contributed by atoms with Gasteiger partial charge >= 0.3 is 6.03 Å². The topological polar surface area (TPSA) is 104 Å². The second kappa shape index (κ2) is 8.20. The molecule has 0 radical (unpaired) electrons. The lowest BCUT2D eigenvalue weighted by Crippen LogP contribution is -2.52. The molecule has 1 aliphatic rings. The van der Waals surface area contributed by atoms with Crippen LogP contribution in [0.25, 0.3) is 0 Å². The van der Waals surface area contributed by atoms with Crippen LogP contribution in [0.2, 0.25) is 5.02 Å². The van der Waals surface area contributed by atoms with E-state index < -0.39 is 15.9 Å². The molecule has 1 saturated heterocycles. The average Bonchev–Trinajstić information content (AvgIpc) is 2.64. The lowest BCUT2D eigenvalue weighted by atomic mass is 9.86. The van der Waals surface area contributed by atoms with Gasteiger partial charge < -0.3 is 16.0 Å². The SMILES string of the molecule is CS(=O)(=O)c1ccc([C@H]2CC(=O)NC[C@@H]2NC(=O)Nc2ccc(Cl)cc2)cc1. The number of hydrogen-bond donors (Lipinski definition) is 3. The van der Waals surface area contributed by atoms with Gasteiger partial charge in [0.2, 0.25) is 5.91 Å². The van der Waals surface area contributed by atoms with Gasteiger partial charge in [0, 0.05) is 35.8 Å². The fourth-order valence-electron chi connectivity index (χ4n) is 3.11. The van der Waals surface area contributed by atoms with Gasteiger partial charge in [-0.1, -0.05) is 23.7 Å². The number of anilines is 1. The third kappa shape index (κ3) is 5.02. The highest BCUT2D eigenvalue weighted by Crippen LogP contribution is 2.27. The quantitative estimate of drug-likeness (QED) is 0.705. The van der Waals surface area contributed by atoms with E-state index in [9.17, 15) is 18.0 Å². The predicted octanol–water partition coefficient (Wildman–Crippen LogP) is 2.54. The minimum Gasteiger partial charge on any atom is -0.354 e. The van der Waals surface area contributed by atoms with Gasteiger partial charge in [-0.3, -0.25) is 4.79 Å². The van der Waals surface area contributed by atoms with Gasteiger partial charge in [-0.15, -0.1) is 0 Å². The summed E-state index contributed by atoms with van der Waals surface area (Å²) in [5.41, 5.74) is 1.38. The molecule has 148 valence electrons. The van der Waals surface area contributed by atoms with Crippen molar-refractivity contribution in [2.75, 3.05) is 18.1 Å². The zero-order chi connectivity index (χ0) is 20.3. The Morgan fingerprint density at radius 3 is 2.36 bits per heavy atom. The Bertz CT molecular complexity index is 975. The maximum atomic E-state index is 12.4. The maximum Gasteiger partial charge on any atom is 0.319 e. The van der Waals surface area contributed by atoms with E-state index in [0.717, 1.165) is 11.8 Å². The van der Waals surface area contributed by atoms with E-state index in [4.69, 9.17) is 11.6 Å². The highest BCUT2D eigenvalue weighted by atomic mass is 35.5. The van der Waals surface area contributed by atoms with Gasteiger partial charge in [0.1, 0.15) is 0 Å². The lowest BCUT2D eigenvalue weighted by molar-refractivity contribution is -0.123. The zero-order valence-electron chi connectivity index (χ0n) is 15.1. The van der Waals surface area contributed by atoms with Gasteiger partial charge in [-0.05, 0) is 42.0 Å². The predicted molar refractivity (Wildman–Crippen MR) is 107 cm³/mol. The fraction of sp³-hybridized carbons (Fsp3) is 0.263. The number of carbonyl (C=O) groups is 2. The molecule has 28 heavy (non-hydrogen) atoms. The van der Waals surface area contributed by atoms with Gasteiger partial charge in [-0.2, -0.15) is 0 Å². The lowest BCUT2D eigenvalue weighted by Gasteiger charge is -2.32. The van der Waals surface area contributed by atoms with Crippen molar-refractivity contribution in [1.82, 2.24) is 10.6 Å². The molecule has 7 nitrogen and oxygen atoms in total. The van der Waals surface area contributed by atoms with E-state index in [1.807, 2.05) is 0 Å². The molecule has 0 spiro atoms. The summed E-state index contributed by atoms with van der Waals surface area (Å²) in [7, 11) is -3.30. The van der Waals surface area contributed by atoms with Crippen molar-refractivity contribution in [2.45, 2.75) is 23.3 Å². The van der Waals surface area contributed by atoms with Crippen LogP contribution in [-0.4, -0.2) is 39.2 Å². The van der Waals surface area contributed by atoms with Crippen LogP contribution in [0, 0.1) is 0 Å². The highest BCUT2D eigenvalue weighted by molar-refractivity contribution is 7.90. The second-order valence-corrected chi connectivity index (χ2v) is 9.12. The van der Waals surface area contributed by atoms with E-state index in [1.54, 1.807) is 36.4 Å². The van der Waals surface area contributed by atoms with Crippen LogP contribution in [0.1, 0.15) is 17.9 Å². The van der Waals surface area contributed by atoms with E-state index in [0.29, 0.717) is 10.7 Å². The maximum absolute atomic E-state index is 12.4. The van der Waals surface area contributed by atoms with Crippen molar-refractivity contribution >= 4 is 39.1 Å². The summed E-state index contributed by atoms with van der Waals surface area (Å²) in [5, 5.41) is 8.93. The molecule has 2 atom stereocenters. The average molecular weight is 422 g/mol. The molecule has 0 unspecified atom stereocenters. The van der Waals surface area contributed by atoms with Gasteiger partial charge in [0.25, 0.3) is 0 Å². The summed E-state index contributed by atoms with van der Waals surface area (Å²) in [5.74, 6) is -0.383. The first-order chi connectivity index (χ1) is 13.2. The van der Waals surface area contributed by atoms with Crippen molar-refractivity contribution in [3.8, 4) is 0 Å². The smallest absolute Gasteiger partial charge is 0.319 e. The van der Waals surface area contributed by atoms with E-state index in [1.165, 1.54) is 12.1 Å². The minimum atomic E-state index is -3.30. The van der Waals surface area contributed by atoms with Gasteiger partial charge in [0.05, 0.1) is 10.9 Å². The number of benzene rings is 2. The Morgan fingerprint density at radius 2 is 1.75 bits per heavy atom. The molecule has 3 rings (SSSR count). The molecular weight excluding hydrogens is 402 g/mol. The van der Waals surface area contributed by atoms with Crippen LogP contribution < -0.4 is 16.0 Å². The largest absolute Gasteiger partial charge is 0.354 e. The Hall–Kier alpha value is -2.58. The molecular formula is C19H20ClN3O4S. The standard InChI is InChI=1S/C19H20ClN3O4S/c1-28(26,27)15-8-2-12(3-9-15)16-10-18(24)21-11-17(16)23-19(25)22-14-6-4-13(20)5-7-14/h2-9,16-17H,10-11H2,1H3,(H,21,24)(H2,22,23,25)/t16-,17+/m1/s1. The summed E-state index contributed by atoms with van der Waals surface area (Å²) < 4.78 is 23.3. The van der Waals surface area contributed by atoms with Crippen molar-refractivity contribution in [2.24, 2.45) is 0 Å². The monoisotopic (exact) mass is 421 g/mol. The number of hydrogen-bond acceptors (Lipinski definition) is 4. The van der Waals surface area contributed by atoms with Crippen LogP contribution in [0.3, 0.4) is 0 Å². The Balaban J connectivity index is 1.73. The number of nitrogens with one attached hydrogen (secondary N) is 3. The number of piperidine rings is 1. The first kappa shape index (κ1) is 20.2. The molecule has 0 bridgehead atoms. The van der Waals surface area contributed by atoms with Crippen molar-refractivity contribution in [3.05, 3.63) is 59.1 Å². The number of amides is 3. The second-order valence-electron chi connectivity index (χ2n) is 6.67. The van der Waals surface area contributed by atoms with E-state index in [2.05, 4.69) is 16.0 Å². The van der Waals surface area contributed by atoms with Crippen LogP contribution in [0.15, 0.2) is 53.4 Å². The molecule has 0 aliphatic carbocycles. The third-order valence-electron chi connectivity index (χ3n) is 4.57. The van der Waals surface area contributed by atoms with Gasteiger partial charge in [0.15, 0.2) is 9.84 Å². The first-order valence-electron chi connectivity index (χ1n) is 8.62. The van der Waals surface area contributed by atoms with E-state index in [-0.39, 0.29) is 35.7 Å². The molecule has 1 aliphatic heterocycles. The molecule has 0 saturated carbocycles. The molecule has 3 N–H and O–H groups in total. The first-order valence-corrected chi connectivity index (χ1v) is 10.9. The summed E-state index contributed by atoms with van der Waals surface area (Å²) >= 11 is 5.84. The number of rotatable bonds is 4. The van der Waals surface area contributed by atoms with E-state index >= 15 is 0 Å². The Labute approximate surface area is 168 Å². The van der Waals surface area contributed by atoms with Crippen LogP contribution >= 0.6 is 11.6 Å². The van der Waals surface area contributed by atoms with Crippen molar-refractivity contribution < 1.29 is 18.0 Å². The number of halogens is 1. The zero-order valence-corrected chi connectivity index (χ0v) is 16.7. The normalized spacial score (nSPS) is 19.6. The number of sulfone groups is 1. The highest BCUT2D eigenvalue weighted by Gasteiger charge is 2.31. The van der Waals surface area contributed by atoms with Gasteiger partial charge in [-0.25, -0.2) is 13.2 Å². The molecule has 1 fully saturated rings. The number of urea groups is 1. The number of carbonyl (C=O) groups excluding carboxylic acids is 2. The summed E-state index contributed by atoms with van der Waals surface area (Å²) in [6.07, 6.45) is 1.34. The summed E-state index contributed by atoms with van der Waals surface area (Å²) in [6.45, 7) is 0.283. The van der Waals surface area contributed by atoms with Crippen LogP contribution in [0.4, 0.5) is 10.5 Å². The molecule has 2 aromatic rings. The Kier molecular flexibility index (Phi) is 5.90. The summed E-state index contributed by atoms with van der Waals surface area (Å²) in [6, 6.07) is 12.4. The van der Waals surface area contributed by atoms with Crippen LogP contribution in [-0.2, 0) is 14.6 Å². The van der Waals surface area contributed by atoms with Crippen LogP contribution in [0.5, 0.6) is 0 Å². The molecule has 9 heteroatoms.